The molecule has 2 amide bonds. The molecule has 3 N–H and O–H groups in total. The van der Waals surface area contributed by atoms with E-state index in [0.717, 1.165) is 34.1 Å². The normalized spacial score (nSPS) is 14.9. The molecule has 2 aliphatic rings. The lowest BCUT2D eigenvalue weighted by Crippen LogP contribution is -2.71. The lowest BCUT2D eigenvalue weighted by atomic mass is 9.70. The maximum Gasteiger partial charge on any atom is 0.366 e. The van der Waals surface area contributed by atoms with Gasteiger partial charge in [-0.15, -0.1) is 40.1 Å². The SMILES string of the molecule is Cc1cc(=O)n2nc(SCC3=C(C(=O)OC(c4ccccc4)c4ccccc4)N4C(=O)[C@@H](NC(=O)C(=NOC(=O)c5cc(OC(=O)CCl)c(OC(=O)CCl)cc5C)c5nc(C(c6ccccc6)(c6ccccc6)c6ccccc6)sc5N)[C@H]4SC3)sc2n1. The highest BCUT2D eigenvalue weighted by molar-refractivity contribution is 8.02. The third-order valence-electron chi connectivity index (χ3n) is 14.1. The van der Waals surface area contributed by atoms with E-state index in [-0.39, 0.29) is 56.1 Å². The average Bonchev–Trinajstić information content (AvgIpc) is 1.45. The van der Waals surface area contributed by atoms with Crippen LogP contribution in [0.1, 0.15) is 66.2 Å². The second-order valence-electron chi connectivity index (χ2n) is 19.7. The van der Waals surface area contributed by atoms with Gasteiger partial charge in [0.15, 0.2) is 27.7 Å². The van der Waals surface area contributed by atoms with Gasteiger partial charge in [0, 0.05) is 23.3 Å². The molecule has 0 unspecified atom stereocenters. The van der Waals surface area contributed by atoms with Gasteiger partial charge in [-0.05, 0) is 64.9 Å². The van der Waals surface area contributed by atoms with Crippen molar-refractivity contribution in [2.75, 3.05) is 29.0 Å². The van der Waals surface area contributed by atoms with E-state index in [0.29, 0.717) is 36.7 Å². The molecule has 19 nitrogen and oxygen atoms in total. The number of nitrogen functional groups attached to an aromatic ring is 1. The zero-order valence-electron chi connectivity index (χ0n) is 46.4. The van der Waals surface area contributed by atoms with Crippen LogP contribution in [0.25, 0.3) is 4.96 Å². The number of oxime groups is 1. The molecule has 11 rings (SSSR count). The molecule has 0 radical (unpaired) electrons. The van der Waals surface area contributed by atoms with Crippen LogP contribution >= 0.6 is 69.4 Å². The van der Waals surface area contributed by atoms with Crippen molar-refractivity contribution < 1.29 is 47.8 Å². The van der Waals surface area contributed by atoms with Crippen LogP contribution in [-0.2, 0) is 39.0 Å². The van der Waals surface area contributed by atoms with E-state index in [1.54, 1.807) is 6.92 Å². The van der Waals surface area contributed by atoms with Crippen LogP contribution in [0.3, 0.4) is 0 Å². The summed E-state index contributed by atoms with van der Waals surface area (Å²) >= 11 is 16.2. The Hall–Kier alpha value is -8.97. The number of anilines is 1. The minimum Gasteiger partial charge on any atom is -0.448 e. The van der Waals surface area contributed by atoms with Crippen molar-refractivity contribution in [3.05, 3.63) is 247 Å². The number of ether oxygens (including phenoxy) is 3. The van der Waals surface area contributed by atoms with Gasteiger partial charge in [-0.3, -0.25) is 28.9 Å². The second kappa shape index (κ2) is 26.6. The number of rotatable bonds is 20. The first-order valence-corrected chi connectivity index (χ1v) is 31.6. The van der Waals surface area contributed by atoms with Gasteiger partial charge in [-0.25, -0.2) is 19.6 Å². The first-order chi connectivity index (χ1) is 42.7. The number of benzene rings is 6. The molecule has 5 heterocycles. The topological polar surface area (TPSA) is 253 Å². The lowest BCUT2D eigenvalue weighted by molar-refractivity contribution is -0.154. The molecule has 444 valence electrons. The van der Waals surface area contributed by atoms with Crippen LogP contribution in [0, 0.1) is 13.8 Å². The van der Waals surface area contributed by atoms with Crippen molar-refractivity contribution in [1.29, 1.82) is 0 Å². The minimum absolute atomic E-state index is 0.0250. The number of β-lactam (4-membered cyclic amide) rings is 1. The number of amides is 2. The van der Waals surface area contributed by atoms with Gasteiger partial charge in [-0.2, -0.15) is 4.52 Å². The molecule has 25 heteroatoms. The molecule has 0 aliphatic carbocycles. The molecule has 0 saturated carbocycles. The standard InChI is InChI=1S/C63H48Cl2N8O11S4/c1-35-28-44(81-47(75)31-64)45(82-48(76)32-65)30-43(35)58(79)84-71-50(49-54(66)87-60(69-49)63(40-22-12-5-13-23-40,41-24-14-6-15-25-41)42-26-16-7-17-27-42)55(77)68-51-56(78)72-52(59(80)83-53(37-18-8-3-9-19-37)38-20-10-4-11-21-38)39(33-85-57(51)72)34-86-62-70-73-46(74)29-36(2)67-61(73)88-62/h3-30,51,53,57H,31-34,66H2,1-2H3,(H,68,77)/t51-,57-/m1/s1. The Labute approximate surface area is 528 Å². The molecule has 6 aromatic carbocycles. The molecule has 2 aliphatic heterocycles. The number of carbonyl (C=O) groups is 6. The number of fused-ring (bicyclic) bond motifs is 2. The highest BCUT2D eigenvalue weighted by Gasteiger charge is 2.55. The van der Waals surface area contributed by atoms with Crippen LogP contribution < -0.4 is 26.1 Å². The maximum atomic E-state index is 15.3. The molecule has 9 aromatic rings. The van der Waals surface area contributed by atoms with Gasteiger partial charge < -0.3 is 30.1 Å². The lowest BCUT2D eigenvalue weighted by Gasteiger charge is -2.49. The largest absolute Gasteiger partial charge is 0.448 e. The first kappa shape index (κ1) is 60.7. The Morgan fingerprint density at radius 2 is 1.28 bits per heavy atom. The third kappa shape index (κ3) is 12.3. The molecular weight excluding hydrogens is 1240 g/mol. The average molecular weight is 1290 g/mol. The summed E-state index contributed by atoms with van der Waals surface area (Å²) in [4.78, 5) is 114. The minimum atomic E-state index is -1.32. The Morgan fingerprint density at radius 1 is 0.739 bits per heavy atom. The number of hydrogen-bond acceptors (Lipinski definition) is 20. The van der Waals surface area contributed by atoms with Crippen molar-refractivity contribution in [3.8, 4) is 11.5 Å². The predicted octanol–water partition coefficient (Wildman–Crippen LogP) is 9.82. The smallest absolute Gasteiger partial charge is 0.366 e. The number of alkyl halides is 2. The van der Waals surface area contributed by atoms with E-state index in [2.05, 4.69) is 20.6 Å². The molecule has 0 bridgehead atoms. The summed E-state index contributed by atoms with van der Waals surface area (Å²) in [7, 11) is 0. The number of thiazole rings is 1. The van der Waals surface area contributed by atoms with Gasteiger partial charge >= 0.3 is 23.9 Å². The Bertz CT molecular complexity index is 4150. The predicted molar refractivity (Wildman–Crippen MR) is 336 cm³/mol. The number of esters is 3. The number of aromatic nitrogens is 4. The highest BCUT2D eigenvalue weighted by Crippen LogP contribution is 2.48. The number of nitrogens with two attached hydrogens (primary N) is 1. The third-order valence-corrected chi connectivity index (χ3v) is 19.0. The molecule has 88 heavy (non-hydrogen) atoms. The number of thioether (sulfide) groups is 2. The van der Waals surface area contributed by atoms with Crippen LogP contribution in [-0.4, -0.2) is 101 Å². The van der Waals surface area contributed by atoms with Crippen molar-refractivity contribution in [3.63, 3.8) is 0 Å². The Morgan fingerprint density at radius 3 is 1.84 bits per heavy atom. The summed E-state index contributed by atoms with van der Waals surface area (Å²) in [6.45, 7) is 3.19. The zero-order chi connectivity index (χ0) is 61.6. The Kier molecular flexibility index (Phi) is 18.3. The maximum absolute atomic E-state index is 15.3. The number of aryl methyl sites for hydroxylation is 2. The molecule has 3 aromatic heterocycles. The number of hydrogen-bond donors (Lipinski definition) is 2. The summed E-state index contributed by atoms with van der Waals surface area (Å²) in [5, 5.41) is 10.9. The van der Waals surface area contributed by atoms with E-state index in [4.69, 9.17) is 53.0 Å². The van der Waals surface area contributed by atoms with Crippen LogP contribution in [0.4, 0.5) is 5.00 Å². The number of carbonyl (C=O) groups excluding carboxylic acids is 6. The van der Waals surface area contributed by atoms with Gasteiger partial charge in [0.05, 0.1) is 11.0 Å². The van der Waals surface area contributed by atoms with E-state index >= 15 is 9.59 Å². The zero-order valence-corrected chi connectivity index (χ0v) is 51.1. The van der Waals surface area contributed by atoms with E-state index in [1.807, 2.05) is 152 Å². The number of nitrogens with one attached hydrogen (secondary N) is 1. The first-order valence-electron chi connectivity index (χ1n) is 26.9. The molecule has 1 saturated heterocycles. The summed E-state index contributed by atoms with van der Waals surface area (Å²) < 4.78 is 18.7. The fourth-order valence-corrected chi connectivity index (χ4v) is 14.8. The monoisotopic (exact) mass is 1290 g/mol. The summed E-state index contributed by atoms with van der Waals surface area (Å²) in [5.74, 6) is -7.05. The molecule has 0 spiro atoms. The van der Waals surface area contributed by atoms with E-state index in [9.17, 15) is 24.0 Å². The van der Waals surface area contributed by atoms with E-state index < -0.39 is 76.1 Å². The quantitative estimate of drug-likeness (QED) is 0.00828. The summed E-state index contributed by atoms with van der Waals surface area (Å²) in [6, 6.07) is 49.4. The number of nitrogens with zero attached hydrogens (tertiary/aromatic N) is 6. The molecular formula is C63H48Cl2N8O11S4. The van der Waals surface area contributed by atoms with Gasteiger partial charge in [0.2, 0.25) is 4.96 Å². The fourth-order valence-electron chi connectivity index (χ4n) is 10.1. The highest BCUT2D eigenvalue weighted by atomic mass is 35.5. The van der Waals surface area contributed by atoms with Crippen LogP contribution in [0.15, 0.2) is 195 Å². The van der Waals surface area contributed by atoms with Crippen LogP contribution in [0.2, 0.25) is 0 Å². The van der Waals surface area contributed by atoms with Crippen molar-refractivity contribution in [1.82, 2.24) is 29.8 Å². The van der Waals surface area contributed by atoms with Crippen molar-refractivity contribution in [2.45, 2.75) is 41.1 Å². The van der Waals surface area contributed by atoms with E-state index in [1.165, 1.54) is 63.3 Å². The van der Waals surface area contributed by atoms with Crippen LogP contribution in [0.5, 0.6) is 11.5 Å². The van der Waals surface area contributed by atoms with Crippen molar-refractivity contribution >= 4 is 121 Å². The summed E-state index contributed by atoms with van der Waals surface area (Å²) in [5.41, 5.74) is 9.26. The second-order valence-corrected chi connectivity index (χ2v) is 24.6. The molecule has 1 fully saturated rings. The fraction of sp³-hybridized carbons (Fsp3) is 0.159. The van der Waals surface area contributed by atoms with Crippen molar-refractivity contribution in [2.24, 2.45) is 5.16 Å². The van der Waals surface area contributed by atoms with Gasteiger partial charge in [0.1, 0.15) is 44.6 Å². The Balaban J connectivity index is 0.978. The molecule has 2 atom stereocenters. The van der Waals surface area contributed by atoms with Gasteiger partial charge in [0.25, 0.3) is 17.4 Å². The van der Waals surface area contributed by atoms with Gasteiger partial charge in [-0.1, -0.05) is 191 Å². The summed E-state index contributed by atoms with van der Waals surface area (Å²) in [6.07, 6.45) is -0.900. The number of halogens is 2.